The summed E-state index contributed by atoms with van der Waals surface area (Å²) in [6.07, 6.45) is 17.2. The molecule has 0 saturated heterocycles. The first-order valence-corrected chi connectivity index (χ1v) is 17.5. The van der Waals surface area contributed by atoms with Crippen molar-refractivity contribution in [3.63, 3.8) is 0 Å². The van der Waals surface area contributed by atoms with Gasteiger partial charge in [0.25, 0.3) is 0 Å². The highest BCUT2D eigenvalue weighted by molar-refractivity contribution is 6.14. The summed E-state index contributed by atoms with van der Waals surface area (Å²) in [6, 6.07) is 25.0. The second-order valence-corrected chi connectivity index (χ2v) is 12.3. The van der Waals surface area contributed by atoms with Crippen LogP contribution in [0.3, 0.4) is 0 Å². The van der Waals surface area contributed by atoms with Crippen molar-refractivity contribution in [3.8, 4) is 34.5 Å². The molecule has 6 heteroatoms. The van der Waals surface area contributed by atoms with E-state index in [1.807, 2.05) is 24.3 Å². The molecule has 5 aromatic carbocycles. The predicted molar refractivity (Wildman–Crippen MR) is 208 cm³/mol. The minimum atomic E-state index is 0.570. The Morgan fingerprint density at radius 3 is 1.20 bits per heavy atom. The SMILES string of the molecule is CCCCCCCCCOc1c(OC)cc(/C=C/c2c3ccccc3c(/C=C/c3cc(OC)c(OC)c(OC)c3)c3ccccc23)cc1OC. The summed E-state index contributed by atoms with van der Waals surface area (Å²) < 4.78 is 34.5. The Bertz CT molecular complexity index is 1830. The molecule has 0 atom stereocenters. The molecule has 0 aromatic heterocycles. The summed E-state index contributed by atoms with van der Waals surface area (Å²) in [5.41, 5.74) is 4.17. The highest BCUT2D eigenvalue weighted by Gasteiger charge is 2.16. The van der Waals surface area contributed by atoms with E-state index in [4.69, 9.17) is 28.4 Å². The number of unbranched alkanes of at least 4 members (excludes halogenated alkanes) is 6. The van der Waals surface area contributed by atoms with Crippen molar-refractivity contribution >= 4 is 45.8 Å². The van der Waals surface area contributed by atoms with Crippen molar-refractivity contribution in [1.29, 1.82) is 0 Å². The first-order valence-electron chi connectivity index (χ1n) is 17.5. The van der Waals surface area contributed by atoms with E-state index in [1.54, 1.807) is 35.5 Å². The third-order valence-corrected chi connectivity index (χ3v) is 9.06. The molecule has 0 spiro atoms. The Kier molecular flexibility index (Phi) is 13.1. The van der Waals surface area contributed by atoms with E-state index in [2.05, 4.69) is 79.8 Å². The van der Waals surface area contributed by atoms with Crippen LogP contribution in [0.2, 0.25) is 0 Å². The number of hydrogen-bond donors (Lipinski definition) is 0. The number of rotatable bonds is 18. The Labute approximate surface area is 297 Å². The summed E-state index contributed by atoms with van der Waals surface area (Å²) in [5, 5.41) is 4.61. The fraction of sp³-hybridized carbons (Fsp3) is 0.318. The van der Waals surface area contributed by atoms with Crippen molar-refractivity contribution in [3.05, 3.63) is 95.1 Å². The maximum atomic E-state index is 6.22. The zero-order chi connectivity index (χ0) is 35.3. The zero-order valence-corrected chi connectivity index (χ0v) is 30.3. The van der Waals surface area contributed by atoms with Gasteiger partial charge in [-0.3, -0.25) is 0 Å². The summed E-state index contributed by atoms with van der Waals surface area (Å²) in [7, 11) is 8.22. The number of benzene rings is 5. The van der Waals surface area contributed by atoms with Gasteiger partial charge in [-0.05, 0) is 74.5 Å². The second-order valence-electron chi connectivity index (χ2n) is 12.3. The van der Waals surface area contributed by atoms with Crippen molar-refractivity contribution in [2.75, 3.05) is 42.2 Å². The predicted octanol–water partition coefficient (Wildman–Crippen LogP) is 11.5. The van der Waals surface area contributed by atoms with Crippen LogP contribution < -0.4 is 28.4 Å². The molecule has 0 amide bonds. The van der Waals surface area contributed by atoms with Crippen LogP contribution in [0.1, 0.15) is 74.1 Å². The fourth-order valence-corrected chi connectivity index (χ4v) is 6.48. The van der Waals surface area contributed by atoms with Gasteiger partial charge in [0.15, 0.2) is 23.0 Å². The Hall–Kier alpha value is -5.10. The topological polar surface area (TPSA) is 55.4 Å². The molecule has 0 heterocycles. The van der Waals surface area contributed by atoms with Crippen LogP contribution in [0.4, 0.5) is 0 Å². The van der Waals surface area contributed by atoms with E-state index < -0.39 is 0 Å². The lowest BCUT2D eigenvalue weighted by Gasteiger charge is -2.16. The normalized spacial score (nSPS) is 11.5. The number of fused-ring (bicyclic) bond motifs is 2. The lowest BCUT2D eigenvalue weighted by atomic mass is 9.90. The van der Waals surface area contributed by atoms with Crippen LogP contribution in [-0.2, 0) is 0 Å². The molecule has 0 saturated carbocycles. The van der Waals surface area contributed by atoms with Gasteiger partial charge in [-0.2, -0.15) is 0 Å². The average molecular weight is 675 g/mol. The molecule has 0 unspecified atom stereocenters. The largest absolute Gasteiger partial charge is 0.493 e. The molecule has 50 heavy (non-hydrogen) atoms. The minimum Gasteiger partial charge on any atom is -0.493 e. The molecule has 0 fully saturated rings. The van der Waals surface area contributed by atoms with Crippen LogP contribution in [0.15, 0.2) is 72.8 Å². The summed E-state index contributed by atoms with van der Waals surface area (Å²) in [5.74, 6) is 3.77. The molecule has 0 N–H and O–H groups in total. The first-order chi connectivity index (χ1) is 24.6. The number of methoxy groups -OCH3 is 5. The molecule has 0 bridgehead atoms. The monoisotopic (exact) mass is 674 g/mol. The third kappa shape index (κ3) is 8.36. The van der Waals surface area contributed by atoms with Crippen molar-refractivity contribution in [2.24, 2.45) is 0 Å². The molecule has 0 aliphatic carbocycles. The third-order valence-electron chi connectivity index (χ3n) is 9.06. The van der Waals surface area contributed by atoms with E-state index in [0.29, 0.717) is 41.1 Å². The molecule has 0 aliphatic rings. The molecular weight excluding hydrogens is 624 g/mol. The van der Waals surface area contributed by atoms with E-state index in [-0.39, 0.29) is 0 Å². The Morgan fingerprint density at radius 2 is 0.820 bits per heavy atom. The fourth-order valence-electron chi connectivity index (χ4n) is 6.48. The first kappa shape index (κ1) is 36.2. The van der Waals surface area contributed by atoms with E-state index in [9.17, 15) is 0 Å². The molecule has 0 aliphatic heterocycles. The van der Waals surface area contributed by atoms with Crippen LogP contribution in [-0.4, -0.2) is 42.2 Å². The lowest BCUT2D eigenvalue weighted by molar-refractivity contribution is 0.267. The molecule has 0 radical (unpaired) electrons. The molecule has 262 valence electrons. The van der Waals surface area contributed by atoms with E-state index >= 15 is 0 Å². The standard InChI is InChI=1S/C44H50O6/c1-7-8-9-10-11-12-17-26-50-44-41(47-4)29-32(30-42(44)48-5)23-25-38-35-20-15-13-18-33(35)37(34-19-14-16-21-36(34)38)24-22-31-27-39(45-2)43(49-6)40(28-31)46-3/h13-16,18-25,27-30H,7-12,17,26H2,1-6H3/b24-22+,25-23+. The van der Waals surface area contributed by atoms with Gasteiger partial charge in [-0.1, -0.05) is 118 Å². The Morgan fingerprint density at radius 1 is 0.440 bits per heavy atom. The molecule has 6 nitrogen and oxygen atoms in total. The number of hydrogen-bond acceptors (Lipinski definition) is 6. The summed E-state index contributed by atoms with van der Waals surface area (Å²) in [6.45, 7) is 2.88. The van der Waals surface area contributed by atoms with Gasteiger partial charge in [0.2, 0.25) is 11.5 Å². The van der Waals surface area contributed by atoms with E-state index in [1.165, 1.54) is 32.1 Å². The van der Waals surface area contributed by atoms with Crippen LogP contribution in [0.5, 0.6) is 34.5 Å². The van der Waals surface area contributed by atoms with Crippen molar-refractivity contribution < 1.29 is 28.4 Å². The van der Waals surface area contributed by atoms with Crippen LogP contribution in [0, 0.1) is 0 Å². The van der Waals surface area contributed by atoms with Crippen LogP contribution >= 0.6 is 0 Å². The van der Waals surface area contributed by atoms with Gasteiger partial charge in [0.1, 0.15) is 0 Å². The lowest BCUT2D eigenvalue weighted by Crippen LogP contribution is -2.02. The highest BCUT2D eigenvalue weighted by Crippen LogP contribution is 2.41. The van der Waals surface area contributed by atoms with Gasteiger partial charge in [-0.25, -0.2) is 0 Å². The number of ether oxygens (including phenoxy) is 6. The maximum absolute atomic E-state index is 6.22. The van der Waals surface area contributed by atoms with Crippen molar-refractivity contribution in [2.45, 2.75) is 51.9 Å². The van der Waals surface area contributed by atoms with Gasteiger partial charge < -0.3 is 28.4 Å². The highest BCUT2D eigenvalue weighted by atomic mass is 16.5. The molecular formula is C44H50O6. The summed E-state index contributed by atoms with van der Waals surface area (Å²) >= 11 is 0. The molecule has 5 rings (SSSR count). The quantitative estimate of drug-likeness (QED) is 0.0524. The van der Waals surface area contributed by atoms with Gasteiger partial charge in [0.05, 0.1) is 42.2 Å². The summed E-state index contributed by atoms with van der Waals surface area (Å²) in [4.78, 5) is 0. The second kappa shape index (κ2) is 18.1. The maximum Gasteiger partial charge on any atom is 0.203 e. The smallest absolute Gasteiger partial charge is 0.203 e. The Balaban J connectivity index is 1.47. The molecule has 5 aromatic rings. The van der Waals surface area contributed by atoms with Crippen LogP contribution in [0.25, 0.3) is 45.8 Å². The minimum absolute atomic E-state index is 0.570. The average Bonchev–Trinajstić information content (AvgIpc) is 3.16. The van der Waals surface area contributed by atoms with Crippen molar-refractivity contribution in [1.82, 2.24) is 0 Å². The van der Waals surface area contributed by atoms with Gasteiger partial charge in [0, 0.05) is 0 Å². The zero-order valence-electron chi connectivity index (χ0n) is 30.3. The van der Waals surface area contributed by atoms with Gasteiger partial charge in [-0.15, -0.1) is 0 Å². The van der Waals surface area contributed by atoms with Gasteiger partial charge >= 0.3 is 0 Å². The van der Waals surface area contributed by atoms with E-state index in [0.717, 1.165) is 56.6 Å².